The van der Waals surface area contributed by atoms with Crippen LogP contribution >= 0.6 is 22.9 Å². The second-order valence-corrected chi connectivity index (χ2v) is 10.1. The smallest absolute Gasteiger partial charge is 0.332 e. The summed E-state index contributed by atoms with van der Waals surface area (Å²) in [5.74, 6) is 0.414. The topological polar surface area (TPSA) is 134 Å². The summed E-state index contributed by atoms with van der Waals surface area (Å²) in [6.45, 7) is 1.91. The Balaban J connectivity index is 1.56. The van der Waals surface area contributed by atoms with E-state index in [-0.39, 0.29) is 5.57 Å². The minimum Gasteiger partial charge on any atom is -0.478 e. The zero-order valence-electron chi connectivity index (χ0n) is 18.3. The molecule has 3 aromatic rings. The monoisotopic (exact) mass is 486 g/mol. The van der Waals surface area contributed by atoms with E-state index in [1.807, 2.05) is 25.9 Å². The SMILES string of the molecule is Cc1c(-c2nsc(N(C)C)n2)sc(NC(=O)C2=C(C(=O)O)CCC2)c1-c1nc(C2CC2)no1. The summed E-state index contributed by atoms with van der Waals surface area (Å²) < 4.78 is 10.1. The summed E-state index contributed by atoms with van der Waals surface area (Å²) >= 11 is 2.61. The molecule has 0 aromatic carbocycles. The Hall–Kier alpha value is -3.12. The van der Waals surface area contributed by atoms with Gasteiger partial charge in [0.05, 0.1) is 10.4 Å². The largest absolute Gasteiger partial charge is 0.478 e. The number of hydrogen-bond donors (Lipinski definition) is 2. The van der Waals surface area contributed by atoms with Gasteiger partial charge in [0.2, 0.25) is 5.13 Å². The number of rotatable bonds is 7. The van der Waals surface area contributed by atoms with Gasteiger partial charge >= 0.3 is 5.97 Å². The number of carboxylic acid groups (broad SMARTS) is 1. The highest BCUT2D eigenvalue weighted by Crippen LogP contribution is 2.46. The van der Waals surface area contributed by atoms with Crippen molar-refractivity contribution in [2.24, 2.45) is 0 Å². The molecule has 12 heteroatoms. The number of thiophene rings is 1. The van der Waals surface area contributed by atoms with Crippen LogP contribution in [0.5, 0.6) is 0 Å². The summed E-state index contributed by atoms with van der Waals surface area (Å²) in [6, 6.07) is 0. The lowest BCUT2D eigenvalue weighted by Gasteiger charge is -2.06. The van der Waals surface area contributed by atoms with Crippen LogP contribution in [0.4, 0.5) is 10.1 Å². The molecular weight excluding hydrogens is 464 g/mol. The first-order valence-electron chi connectivity index (χ1n) is 10.6. The first kappa shape index (κ1) is 21.7. The quantitative estimate of drug-likeness (QED) is 0.506. The predicted molar refractivity (Wildman–Crippen MR) is 125 cm³/mol. The molecule has 33 heavy (non-hydrogen) atoms. The van der Waals surface area contributed by atoms with Gasteiger partial charge in [-0.1, -0.05) is 5.16 Å². The molecule has 172 valence electrons. The van der Waals surface area contributed by atoms with Crippen molar-refractivity contribution >= 4 is 44.9 Å². The Morgan fingerprint density at radius 1 is 1.18 bits per heavy atom. The van der Waals surface area contributed by atoms with Crippen LogP contribution < -0.4 is 10.2 Å². The number of carboxylic acids is 1. The molecule has 1 amide bonds. The molecule has 3 heterocycles. The lowest BCUT2D eigenvalue weighted by molar-refractivity contribution is -0.133. The van der Waals surface area contributed by atoms with Crippen LogP contribution in [0, 0.1) is 6.92 Å². The average Bonchev–Trinajstić information content (AvgIpc) is 3.20. The van der Waals surface area contributed by atoms with Crippen LogP contribution in [-0.2, 0) is 9.59 Å². The van der Waals surface area contributed by atoms with Crippen LogP contribution in [0.1, 0.15) is 49.4 Å². The van der Waals surface area contributed by atoms with E-state index < -0.39 is 11.9 Å². The third kappa shape index (κ3) is 4.04. The fourth-order valence-corrected chi connectivity index (χ4v) is 5.59. The van der Waals surface area contributed by atoms with Crippen LogP contribution in [0.15, 0.2) is 15.7 Å². The van der Waals surface area contributed by atoms with Crippen molar-refractivity contribution in [3.63, 3.8) is 0 Å². The van der Waals surface area contributed by atoms with Gasteiger partial charge in [0, 0.05) is 42.7 Å². The Morgan fingerprint density at radius 3 is 2.61 bits per heavy atom. The van der Waals surface area contributed by atoms with Gasteiger partial charge < -0.3 is 19.8 Å². The molecule has 2 aliphatic rings. The van der Waals surface area contributed by atoms with Gasteiger partial charge in [0.1, 0.15) is 5.00 Å². The third-order valence-corrected chi connectivity index (χ3v) is 7.81. The van der Waals surface area contributed by atoms with Gasteiger partial charge in [0.25, 0.3) is 11.8 Å². The van der Waals surface area contributed by atoms with Crippen molar-refractivity contribution in [1.82, 2.24) is 19.5 Å². The lowest BCUT2D eigenvalue weighted by Crippen LogP contribution is -2.16. The van der Waals surface area contributed by atoms with E-state index in [9.17, 15) is 14.7 Å². The minimum atomic E-state index is -1.05. The molecule has 5 rings (SSSR count). The average molecular weight is 487 g/mol. The molecule has 0 radical (unpaired) electrons. The predicted octanol–water partition coefficient (Wildman–Crippen LogP) is 4.07. The highest BCUT2D eigenvalue weighted by atomic mass is 32.1. The van der Waals surface area contributed by atoms with E-state index >= 15 is 0 Å². The molecule has 2 N–H and O–H groups in total. The van der Waals surface area contributed by atoms with Crippen LogP contribution in [0.3, 0.4) is 0 Å². The van der Waals surface area contributed by atoms with Gasteiger partial charge in [-0.25, -0.2) is 4.79 Å². The van der Waals surface area contributed by atoms with Crippen molar-refractivity contribution < 1.29 is 19.2 Å². The zero-order valence-corrected chi connectivity index (χ0v) is 20.0. The van der Waals surface area contributed by atoms with E-state index in [1.165, 1.54) is 22.9 Å². The normalized spacial score (nSPS) is 15.8. The maximum absolute atomic E-state index is 13.1. The van der Waals surface area contributed by atoms with E-state index in [2.05, 4.69) is 24.8 Å². The van der Waals surface area contributed by atoms with Crippen molar-refractivity contribution in [2.45, 2.75) is 44.9 Å². The fraction of sp³-hybridized carbons (Fsp3) is 0.429. The molecule has 0 spiro atoms. The molecule has 0 atom stereocenters. The molecule has 2 aliphatic carbocycles. The fourth-order valence-electron chi connectivity index (χ4n) is 3.81. The molecule has 1 saturated carbocycles. The summed E-state index contributed by atoms with van der Waals surface area (Å²) in [5.41, 5.74) is 1.93. The number of nitrogens with zero attached hydrogens (tertiary/aromatic N) is 5. The van der Waals surface area contributed by atoms with Gasteiger partial charge in [-0.05, 0) is 44.6 Å². The minimum absolute atomic E-state index is 0.174. The highest BCUT2D eigenvalue weighted by molar-refractivity contribution is 7.20. The Morgan fingerprint density at radius 2 is 1.94 bits per heavy atom. The second-order valence-electron chi connectivity index (χ2n) is 8.36. The van der Waals surface area contributed by atoms with Crippen molar-refractivity contribution in [2.75, 3.05) is 24.3 Å². The molecule has 0 aliphatic heterocycles. The third-order valence-electron chi connectivity index (χ3n) is 5.72. The molecule has 0 bridgehead atoms. The second kappa shape index (κ2) is 8.34. The zero-order chi connectivity index (χ0) is 23.3. The van der Waals surface area contributed by atoms with Crippen molar-refractivity contribution in [3.05, 3.63) is 22.5 Å². The van der Waals surface area contributed by atoms with E-state index in [4.69, 9.17) is 4.52 Å². The van der Waals surface area contributed by atoms with E-state index in [1.54, 1.807) is 0 Å². The van der Waals surface area contributed by atoms with Gasteiger partial charge in [-0.15, -0.1) is 11.3 Å². The standard InChI is InChI=1S/C21H22N6O4S2/c1-9-13(18-22-15(25-31-18)10-7-8-10)19(24-17(28)11-5-4-6-12(11)20(29)30)32-14(9)16-23-21(27(2)3)33-26-16/h10H,4-8H2,1-3H3,(H,24,28)(H,29,30). The number of nitrogens with one attached hydrogen (secondary N) is 1. The first-order valence-corrected chi connectivity index (χ1v) is 12.2. The Labute approximate surface area is 197 Å². The summed E-state index contributed by atoms with van der Waals surface area (Å²) in [7, 11) is 3.80. The summed E-state index contributed by atoms with van der Waals surface area (Å²) in [4.78, 5) is 36.4. The van der Waals surface area contributed by atoms with Crippen molar-refractivity contribution in [1.29, 1.82) is 0 Å². The Kier molecular flexibility index (Phi) is 5.49. The molecule has 1 fully saturated rings. The van der Waals surface area contributed by atoms with Gasteiger partial charge in [-0.2, -0.15) is 14.3 Å². The summed E-state index contributed by atoms with van der Waals surface area (Å²) in [5, 5.41) is 17.8. The van der Waals surface area contributed by atoms with Crippen LogP contribution in [-0.4, -0.2) is 50.6 Å². The number of aliphatic carboxylic acids is 1. The number of anilines is 2. The van der Waals surface area contributed by atoms with Gasteiger partial charge in [-0.3, -0.25) is 4.79 Å². The van der Waals surface area contributed by atoms with E-state index in [0.717, 1.165) is 28.4 Å². The van der Waals surface area contributed by atoms with Crippen molar-refractivity contribution in [3.8, 4) is 22.2 Å². The molecule has 0 saturated heterocycles. The lowest BCUT2D eigenvalue weighted by atomic mass is 10.1. The molecule has 10 nitrogen and oxygen atoms in total. The highest BCUT2D eigenvalue weighted by Gasteiger charge is 2.32. The Bertz CT molecular complexity index is 1280. The molecule has 3 aromatic heterocycles. The number of hydrogen-bond acceptors (Lipinski definition) is 10. The number of carbonyl (C=O) groups excluding carboxylic acids is 1. The van der Waals surface area contributed by atoms with Crippen LogP contribution in [0.25, 0.3) is 22.2 Å². The molecular formula is C21H22N6O4S2. The van der Waals surface area contributed by atoms with Crippen LogP contribution in [0.2, 0.25) is 0 Å². The number of carbonyl (C=O) groups is 2. The maximum Gasteiger partial charge on any atom is 0.332 e. The van der Waals surface area contributed by atoms with Gasteiger partial charge in [0.15, 0.2) is 11.6 Å². The first-order chi connectivity index (χ1) is 15.8. The molecule has 0 unspecified atom stereocenters. The maximum atomic E-state index is 13.1. The number of aromatic nitrogens is 4. The summed E-state index contributed by atoms with van der Waals surface area (Å²) in [6.07, 6.45) is 3.56. The number of amides is 1. The van der Waals surface area contributed by atoms with E-state index in [0.29, 0.717) is 58.9 Å².